The Balaban J connectivity index is 2.49. The molecule has 1 rings (SSSR count). The lowest BCUT2D eigenvalue weighted by Crippen LogP contribution is -2.35. The minimum atomic E-state index is -2.94. The molecule has 2 unspecified atom stereocenters. The number of nitrogens with zero attached hydrogens (tertiary/aromatic N) is 2. The van der Waals surface area contributed by atoms with Gasteiger partial charge in [0.25, 0.3) is 0 Å². The van der Waals surface area contributed by atoms with Gasteiger partial charge in [-0.05, 0) is 13.8 Å². The van der Waals surface area contributed by atoms with Crippen LogP contribution < -0.4 is 5.32 Å². The van der Waals surface area contributed by atoms with Gasteiger partial charge in [-0.25, -0.2) is 13.4 Å². The zero-order valence-electron chi connectivity index (χ0n) is 9.77. The molecule has 0 aliphatic rings. The molecule has 0 saturated heterocycles. The summed E-state index contributed by atoms with van der Waals surface area (Å²) in [4.78, 5) is 4.01. The summed E-state index contributed by atoms with van der Waals surface area (Å²) in [6, 6.07) is -0.144. The third-order valence-electron chi connectivity index (χ3n) is 2.32. The number of hydrogen-bond donors (Lipinski definition) is 2. The maximum Gasteiger partial charge on any atom is 0.151 e. The fourth-order valence-electron chi connectivity index (χ4n) is 1.48. The second-order valence-electron chi connectivity index (χ2n) is 3.86. The molecule has 0 aromatic carbocycles. The summed E-state index contributed by atoms with van der Waals surface area (Å²) >= 11 is 0. The maximum atomic E-state index is 11.4. The quantitative estimate of drug-likeness (QED) is 0.752. The van der Waals surface area contributed by atoms with Crippen molar-refractivity contribution >= 4 is 9.84 Å². The summed E-state index contributed by atoms with van der Waals surface area (Å²) in [5.74, 6) is 1.03. The van der Waals surface area contributed by atoms with Crippen LogP contribution in [0.1, 0.15) is 32.6 Å². The number of aromatic nitrogens is 3. The predicted molar refractivity (Wildman–Crippen MR) is 61.7 cm³/mol. The molecule has 6 nitrogen and oxygen atoms in total. The van der Waals surface area contributed by atoms with Crippen molar-refractivity contribution in [3.63, 3.8) is 0 Å². The second-order valence-corrected chi connectivity index (χ2v) is 6.26. The second kappa shape index (κ2) is 5.40. The molecular formula is C9H18N4O2S. The van der Waals surface area contributed by atoms with E-state index in [1.807, 2.05) is 13.8 Å². The highest BCUT2D eigenvalue weighted by molar-refractivity contribution is 7.91. The van der Waals surface area contributed by atoms with Crippen LogP contribution in [0.4, 0.5) is 0 Å². The molecule has 1 aromatic heterocycles. The average Bonchev–Trinajstić information content (AvgIpc) is 2.69. The van der Waals surface area contributed by atoms with Gasteiger partial charge in [0.2, 0.25) is 0 Å². The van der Waals surface area contributed by atoms with Crippen LogP contribution in [-0.2, 0) is 9.84 Å². The van der Waals surface area contributed by atoms with Gasteiger partial charge in [-0.1, -0.05) is 6.92 Å². The molecule has 2 atom stereocenters. The Kier molecular flexibility index (Phi) is 4.43. The first-order valence-electron chi connectivity index (χ1n) is 5.26. The van der Waals surface area contributed by atoms with Crippen molar-refractivity contribution in [2.45, 2.75) is 32.9 Å². The minimum Gasteiger partial charge on any atom is -0.304 e. The number of nitrogens with one attached hydrogen (secondary N) is 2. The molecule has 7 heteroatoms. The minimum absolute atomic E-state index is 0.0374. The summed E-state index contributed by atoms with van der Waals surface area (Å²) < 4.78 is 22.8. The van der Waals surface area contributed by atoms with E-state index in [1.54, 1.807) is 6.92 Å². The van der Waals surface area contributed by atoms with Crippen molar-refractivity contribution in [2.24, 2.45) is 0 Å². The molecule has 0 spiro atoms. The first-order chi connectivity index (χ1) is 7.44. The summed E-state index contributed by atoms with van der Waals surface area (Å²) in [7, 11) is -2.94. The Hall–Kier alpha value is -0.950. The van der Waals surface area contributed by atoms with Gasteiger partial charge in [0.1, 0.15) is 12.2 Å². The monoisotopic (exact) mass is 246 g/mol. The Morgan fingerprint density at radius 3 is 2.69 bits per heavy atom. The van der Waals surface area contributed by atoms with Gasteiger partial charge in [-0.15, -0.1) is 0 Å². The highest BCUT2D eigenvalue weighted by Crippen LogP contribution is 2.06. The van der Waals surface area contributed by atoms with E-state index in [1.165, 1.54) is 6.33 Å². The maximum absolute atomic E-state index is 11.4. The van der Waals surface area contributed by atoms with Crippen LogP contribution in [0.2, 0.25) is 0 Å². The van der Waals surface area contributed by atoms with Crippen molar-refractivity contribution in [1.29, 1.82) is 0 Å². The number of sulfone groups is 1. The summed E-state index contributed by atoms with van der Waals surface area (Å²) in [5, 5.41) is 9.65. The molecular weight excluding hydrogens is 228 g/mol. The van der Waals surface area contributed by atoms with Crippen molar-refractivity contribution in [1.82, 2.24) is 20.5 Å². The lowest BCUT2D eigenvalue weighted by Gasteiger charge is -2.17. The number of hydrogen-bond acceptors (Lipinski definition) is 5. The van der Waals surface area contributed by atoms with Gasteiger partial charge >= 0.3 is 0 Å². The Labute approximate surface area is 95.8 Å². The van der Waals surface area contributed by atoms with E-state index in [2.05, 4.69) is 20.5 Å². The van der Waals surface area contributed by atoms with Crippen LogP contribution in [0.25, 0.3) is 0 Å². The first-order valence-corrected chi connectivity index (χ1v) is 7.08. The molecule has 2 N–H and O–H groups in total. The van der Waals surface area contributed by atoms with E-state index in [-0.39, 0.29) is 23.6 Å². The molecule has 16 heavy (non-hydrogen) atoms. The number of rotatable bonds is 6. The molecule has 0 radical (unpaired) electrons. The number of H-pyrrole nitrogens is 1. The van der Waals surface area contributed by atoms with Crippen LogP contribution >= 0.6 is 0 Å². The zero-order chi connectivity index (χ0) is 12.2. The normalized spacial score (nSPS) is 15.9. The molecule has 0 aliphatic heterocycles. The Morgan fingerprint density at radius 1 is 1.50 bits per heavy atom. The molecule has 1 aromatic rings. The van der Waals surface area contributed by atoms with Crippen molar-refractivity contribution in [2.75, 3.05) is 11.5 Å². The van der Waals surface area contributed by atoms with Crippen LogP contribution in [0.15, 0.2) is 6.33 Å². The van der Waals surface area contributed by atoms with E-state index in [9.17, 15) is 8.42 Å². The Morgan fingerprint density at radius 2 is 2.19 bits per heavy atom. The molecule has 0 bridgehead atoms. The third-order valence-corrected chi connectivity index (χ3v) is 4.21. The molecule has 0 amide bonds. The van der Waals surface area contributed by atoms with Gasteiger partial charge in [-0.2, -0.15) is 5.10 Å². The van der Waals surface area contributed by atoms with E-state index in [0.29, 0.717) is 5.82 Å². The first kappa shape index (κ1) is 13.1. The van der Waals surface area contributed by atoms with Gasteiger partial charge in [0.15, 0.2) is 9.84 Å². The lowest BCUT2D eigenvalue weighted by atomic mass is 10.3. The van der Waals surface area contributed by atoms with Gasteiger partial charge in [-0.3, -0.25) is 5.10 Å². The van der Waals surface area contributed by atoms with Gasteiger partial charge in [0.05, 0.1) is 11.8 Å². The molecule has 0 fully saturated rings. The van der Waals surface area contributed by atoms with Crippen LogP contribution in [-0.4, -0.2) is 41.1 Å². The van der Waals surface area contributed by atoms with Gasteiger partial charge < -0.3 is 5.32 Å². The van der Waals surface area contributed by atoms with E-state index < -0.39 is 9.84 Å². The smallest absolute Gasteiger partial charge is 0.151 e. The summed E-state index contributed by atoms with van der Waals surface area (Å²) in [5.41, 5.74) is 0. The molecule has 92 valence electrons. The lowest BCUT2D eigenvalue weighted by molar-refractivity contribution is 0.484. The van der Waals surface area contributed by atoms with Crippen molar-refractivity contribution in [3.8, 4) is 0 Å². The average molecular weight is 246 g/mol. The van der Waals surface area contributed by atoms with Gasteiger partial charge in [0, 0.05) is 11.8 Å². The number of aromatic amines is 1. The summed E-state index contributed by atoms with van der Waals surface area (Å²) in [6.07, 6.45) is 1.43. The van der Waals surface area contributed by atoms with E-state index in [4.69, 9.17) is 0 Å². The highest BCUT2D eigenvalue weighted by atomic mass is 32.2. The molecule has 1 heterocycles. The van der Waals surface area contributed by atoms with Crippen LogP contribution in [0.3, 0.4) is 0 Å². The summed E-state index contributed by atoms with van der Waals surface area (Å²) in [6.45, 7) is 5.41. The zero-order valence-corrected chi connectivity index (χ0v) is 10.6. The molecule has 0 saturated carbocycles. The predicted octanol–water partition coefficient (Wildman–Crippen LogP) is 0.278. The SMILES string of the molecule is CCS(=O)(=O)CC(C)NC(C)c1ncn[nH]1. The fourth-order valence-corrected chi connectivity index (χ4v) is 2.57. The largest absolute Gasteiger partial charge is 0.304 e. The van der Waals surface area contributed by atoms with Crippen LogP contribution in [0.5, 0.6) is 0 Å². The molecule has 0 aliphatic carbocycles. The van der Waals surface area contributed by atoms with Crippen molar-refractivity contribution < 1.29 is 8.42 Å². The Bertz CT molecular complexity index is 401. The topological polar surface area (TPSA) is 87.7 Å². The van der Waals surface area contributed by atoms with Crippen molar-refractivity contribution in [3.05, 3.63) is 12.2 Å². The van der Waals surface area contributed by atoms with Crippen LogP contribution in [0, 0.1) is 0 Å². The third kappa shape index (κ3) is 3.90. The van der Waals surface area contributed by atoms with E-state index in [0.717, 1.165) is 0 Å². The highest BCUT2D eigenvalue weighted by Gasteiger charge is 2.17. The van der Waals surface area contributed by atoms with E-state index >= 15 is 0 Å². The standard InChI is InChI=1S/C9H18N4O2S/c1-4-16(14,15)5-7(2)12-8(3)9-10-6-11-13-9/h6-8,12H,4-5H2,1-3H3,(H,10,11,13). The fraction of sp³-hybridized carbons (Fsp3) is 0.778.